The molecule has 0 aliphatic carbocycles. The van der Waals surface area contributed by atoms with Crippen molar-refractivity contribution in [2.24, 2.45) is 0 Å². The fraction of sp³-hybridized carbons (Fsp3) is 0.462. The van der Waals surface area contributed by atoms with Gasteiger partial charge in [0.1, 0.15) is 11.6 Å². The molecule has 0 aliphatic rings. The van der Waals surface area contributed by atoms with Crippen LogP contribution in [0.1, 0.15) is 19.7 Å². The fourth-order valence-corrected chi connectivity index (χ4v) is 2.43. The van der Waals surface area contributed by atoms with Crippen molar-refractivity contribution in [3.63, 3.8) is 0 Å². The maximum Gasteiger partial charge on any atom is 0.139 e. The van der Waals surface area contributed by atoms with E-state index in [-0.39, 0.29) is 17.3 Å². The maximum absolute atomic E-state index is 13.7. The molecule has 0 saturated carbocycles. The van der Waals surface area contributed by atoms with Gasteiger partial charge in [0.2, 0.25) is 0 Å². The van der Waals surface area contributed by atoms with Gasteiger partial charge in [0.15, 0.2) is 0 Å². The number of ether oxygens (including phenoxy) is 1. The summed E-state index contributed by atoms with van der Waals surface area (Å²) in [6, 6.07) is 3.13. The third-order valence-corrected chi connectivity index (χ3v) is 3.93. The summed E-state index contributed by atoms with van der Waals surface area (Å²) in [6.45, 7) is 4.49. The summed E-state index contributed by atoms with van der Waals surface area (Å²) in [4.78, 5) is 4.43. The van der Waals surface area contributed by atoms with E-state index in [0.717, 1.165) is 11.0 Å². The topological polar surface area (TPSA) is 27.1 Å². The Morgan fingerprint density at radius 1 is 1.47 bits per heavy atom. The smallest absolute Gasteiger partial charge is 0.139 e. The van der Waals surface area contributed by atoms with Gasteiger partial charge in [-0.25, -0.2) is 9.37 Å². The molecule has 1 aromatic carbocycles. The number of methoxy groups -OCH3 is 1. The Hall–Kier alpha value is -0.650. The lowest BCUT2D eigenvalue weighted by atomic mass is 10.1. The number of hydrogen-bond acceptors (Lipinski definition) is 2. The molecule has 0 amide bonds. The van der Waals surface area contributed by atoms with Crippen molar-refractivity contribution in [3.05, 3.63) is 28.2 Å². The van der Waals surface area contributed by atoms with Gasteiger partial charge in [-0.1, -0.05) is 0 Å². The summed E-state index contributed by atoms with van der Waals surface area (Å²) >= 11 is 9.09. The van der Waals surface area contributed by atoms with E-state index in [9.17, 15) is 4.39 Å². The van der Waals surface area contributed by atoms with Gasteiger partial charge in [-0.2, -0.15) is 0 Å². The van der Waals surface area contributed by atoms with Gasteiger partial charge in [0, 0.05) is 13.2 Å². The molecule has 0 saturated heterocycles. The second-order valence-electron chi connectivity index (χ2n) is 4.97. The Bertz CT molecular complexity index is 612. The van der Waals surface area contributed by atoms with Crippen LogP contribution >= 0.6 is 27.5 Å². The van der Waals surface area contributed by atoms with E-state index in [1.165, 1.54) is 6.07 Å². The molecule has 0 N–H and O–H groups in total. The number of fused-ring (bicyclic) bond motifs is 1. The van der Waals surface area contributed by atoms with E-state index in [1.54, 1.807) is 13.2 Å². The predicted octanol–water partition coefficient (Wildman–Crippen LogP) is 4.10. The Kier molecular flexibility index (Phi) is 4.18. The van der Waals surface area contributed by atoms with Gasteiger partial charge in [0.05, 0.1) is 33.5 Å². The first-order chi connectivity index (χ1) is 8.88. The number of hydrogen-bond donors (Lipinski definition) is 0. The molecule has 0 unspecified atom stereocenters. The Morgan fingerprint density at radius 2 is 2.16 bits per heavy atom. The minimum absolute atomic E-state index is 0.272. The van der Waals surface area contributed by atoms with Crippen molar-refractivity contribution in [1.29, 1.82) is 0 Å². The molecular weight excluding hydrogens is 335 g/mol. The Balaban J connectivity index is 2.60. The molecule has 0 spiro atoms. The quantitative estimate of drug-likeness (QED) is 0.777. The summed E-state index contributed by atoms with van der Waals surface area (Å²) in [5.74, 6) is 0.664. The normalized spacial score (nSPS) is 12.3. The largest absolute Gasteiger partial charge is 0.377 e. The van der Waals surface area contributed by atoms with Gasteiger partial charge >= 0.3 is 0 Å². The molecule has 0 bridgehead atoms. The number of imidazole rings is 1. The first-order valence-corrected chi connectivity index (χ1v) is 7.16. The van der Waals surface area contributed by atoms with Gasteiger partial charge in [-0.15, -0.1) is 11.6 Å². The molecule has 0 radical (unpaired) electrons. The van der Waals surface area contributed by atoms with Crippen LogP contribution in [0.25, 0.3) is 11.0 Å². The van der Waals surface area contributed by atoms with Crippen molar-refractivity contribution in [1.82, 2.24) is 9.55 Å². The van der Waals surface area contributed by atoms with Crippen molar-refractivity contribution >= 4 is 38.6 Å². The zero-order chi connectivity index (χ0) is 14.2. The van der Waals surface area contributed by atoms with Crippen LogP contribution in [0.15, 0.2) is 16.6 Å². The van der Waals surface area contributed by atoms with Gasteiger partial charge < -0.3 is 9.30 Å². The predicted molar refractivity (Wildman–Crippen MR) is 78.0 cm³/mol. The molecule has 104 valence electrons. The highest BCUT2D eigenvalue weighted by atomic mass is 79.9. The molecule has 0 atom stereocenters. The van der Waals surface area contributed by atoms with E-state index >= 15 is 0 Å². The number of alkyl halides is 1. The van der Waals surface area contributed by atoms with Crippen LogP contribution in [0, 0.1) is 5.82 Å². The highest BCUT2D eigenvalue weighted by Gasteiger charge is 2.21. The van der Waals surface area contributed by atoms with E-state index < -0.39 is 0 Å². The zero-order valence-corrected chi connectivity index (χ0v) is 13.3. The maximum atomic E-state index is 13.7. The summed E-state index contributed by atoms with van der Waals surface area (Å²) < 4.78 is 21.4. The Labute approximate surface area is 124 Å². The van der Waals surface area contributed by atoms with Crippen molar-refractivity contribution in [3.8, 4) is 0 Å². The van der Waals surface area contributed by atoms with E-state index in [1.807, 2.05) is 18.4 Å². The minimum atomic E-state index is -0.377. The van der Waals surface area contributed by atoms with Crippen molar-refractivity contribution in [2.75, 3.05) is 7.11 Å². The molecule has 6 heteroatoms. The first-order valence-electron chi connectivity index (χ1n) is 5.83. The average molecular weight is 350 g/mol. The van der Waals surface area contributed by atoms with Crippen molar-refractivity contribution < 1.29 is 9.13 Å². The highest BCUT2D eigenvalue weighted by Crippen LogP contribution is 2.26. The molecular formula is C13H15BrClFN2O. The van der Waals surface area contributed by atoms with Crippen molar-refractivity contribution in [2.45, 2.75) is 31.9 Å². The van der Waals surface area contributed by atoms with Crippen LogP contribution in [-0.4, -0.2) is 22.3 Å². The van der Waals surface area contributed by atoms with Gasteiger partial charge in [0.25, 0.3) is 0 Å². The summed E-state index contributed by atoms with van der Waals surface area (Å²) in [7, 11) is 1.65. The van der Waals surface area contributed by atoms with Crippen LogP contribution in [0.3, 0.4) is 0 Å². The average Bonchev–Trinajstić information content (AvgIpc) is 2.67. The third kappa shape index (κ3) is 2.93. The molecule has 19 heavy (non-hydrogen) atoms. The summed E-state index contributed by atoms with van der Waals surface area (Å²) in [5.41, 5.74) is 1.06. The van der Waals surface area contributed by atoms with E-state index in [0.29, 0.717) is 16.8 Å². The standard InChI is InChI=1S/C13H15BrClFN2O/c1-13(2,19-3)7-18-11-5-9(16)8(14)4-10(11)17-12(18)6-15/h4-5H,6-7H2,1-3H3. The second kappa shape index (κ2) is 5.38. The molecule has 1 heterocycles. The number of rotatable bonds is 4. The molecule has 0 fully saturated rings. The molecule has 2 aromatic rings. The third-order valence-electron chi connectivity index (χ3n) is 3.08. The minimum Gasteiger partial charge on any atom is -0.377 e. The van der Waals surface area contributed by atoms with E-state index in [4.69, 9.17) is 16.3 Å². The van der Waals surface area contributed by atoms with Crippen LogP contribution in [-0.2, 0) is 17.2 Å². The number of aromatic nitrogens is 2. The fourth-order valence-electron chi connectivity index (χ4n) is 1.89. The van der Waals surface area contributed by atoms with Gasteiger partial charge in [-0.05, 0) is 35.8 Å². The molecule has 0 aliphatic heterocycles. The number of halogens is 3. The summed E-state index contributed by atoms with van der Waals surface area (Å²) in [6.07, 6.45) is 0. The molecule has 3 nitrogen and oxygen atoms in total. The van der Waals surface area contributed by atoms with Crippen LogP contribution in [0.2, 0.25) is 0 Å². The lowest BCUT2D eigenvalue weighted by molar-refractivity contribution is 0.00854. The highest BCUT2D eigenvalue weighted by molar-refractivity contribution is 9.10. The SMILES string of the molecule is COC(C)(C)Cn1c(CCl)nc2cc(Br)c(F)cc21. The molecule has 2 rings (SSSR count). The summed E-state index contributed by atoms with van der Waals surface area (Å²) in [5, 5.41) is 0. The Morgan fingerprint density at radius 3 is 2.74 bits per heavy atom. The lowest BCUT2D eigenvalue weighted by Crippen LogP contribution is -2.29. The monoisotopic (exact) mass is 348 g/mol. The van der Waals surface area contributed by atoms with Crippen LogP contribution in [0.5, 0.6) is 0 Å². The second-order valence-corrected chi connectivity index (χ2v) is 6.09. The zero-order valence-electron chi connectivity index (χ0n) is 11.0. The lowest BCUT2D eigenvalue weighted by Gasteiger charge is -2.24. The van der Waals surface area contributed by atoms with Crippen LogP contribution < -0.4 is 0 Å². The number of benzene rings is 1. The van der Waals surface area contributed by atoms with Crippen LogP contribution in [0.4, 0.5) is 4.39 Å². The number of nitrogens with zero attached hydrogens (tertiary/aromatic N) is 2. The van der Waals surface area contributed by atoms with Gasteiger partial charge in [-0.3, -0.25) is 0 Å². The molecule has 1 aromatic heterocycles. The van der Waals surface area contributed by atoms with E-state index in [2.05, 4.69) is 20.9 Å². The first kappa shape index (κ1) is 14.8.